The largest absolute Gasteiger partial charge is 0.272 e. The zero-order valence-electron chi connectivity index (χ0n) is 8.10. The molecule has 0 fully saturated rings. The Morgan fingerprint density at radius 2 is 2.43 bits per heavy atom. The zero-order valence-corrected chi connectivity index (χ0v) is 8.91. The van der Waals surface area contributed by atoms with E-state index in [1.54, 1.807) is 6.20 Å². The van der Waals surface area contributed by atoms with Gasteiger partial charge >= 0.3 is 0 Å². The Bertz CT molecular complexity index is 371. The van der Waals surface area contributed by atoms with Crippen molar-refractivity contribution in [2.24, 2.45) is 11.0 Å². The molecule has 14 heavy (non-hydrogen) atoms. The third-order valence-electron chi connectivity index (χ3n) is 2.27. The maximum atomic E-state index is 11.8. The van der Waals surface area contributed by atoms with Gasteiger partial charge in [0.05, 0.1) is 11.6 Å². The second-order valence-electron chi connectivity index (χ2n) is 3.13. The second kappa shape index (κ2) is 3.49. The summed E-state index contributed by atoms with van der Waals surface area (Å²) in [6.45, 7) is 3.90. The molecule has 5 heteroatoms. The number of thiazole rings is 1. The van der Waals surface area contributed by atoms with Gasteiger partial charge in [-0.2, -0.15) is 10.1 Å². The molecule has 1 amide bonds. The summed E-state index contributed by atoms with van der Waals surface area (Å²) in [5.74, 6) is -0.0688. The first kappa shape index (κ1) is 9.33. The molecule has 1 aromatic heterocycles. The van der Waals surface area contributed by atoms with E-state index < -0.39 is 0 Å². The fourth-order valence-corrected chi connectivity index (χ4v) is 2.02. The highest BCUT2D eigenvalue weighted by Crippen LogP contribution is 2.25. The molecule has 0 aliphatic carbocycles. The number of carbonyl (C=O) groups excluding carboxylic acids is 1. The fraction of sp³-hybridized carbons (Fsp3) is 0.444. The predicted molar refractivity (Wildman–Crippen MR) is 56.5 cm³/mol. The smallest absolute Gasteiger partial charge is 0.258 e. The van der Waals surface area contributed by atoms with Gasteiger partial charge in [-0.1, -0.05) is 6.92 Å². The van der Waals surface area contributed by atoms with E-state index in [9.17, 15) is 4.79 Å². The minimum atomic E-state index is -0.0936. The average molecular weight is 209 g/mol. The summed E-state index contributed by atoms with van der Waals surface area (Å²) in [6.07, 6.45) is 2.49. The number of nitrogens with zero attached hydrogens (tertiary/aromatic N) is 3. The van der Waals surface area contributed by atoms with Gasteiger partial charge in [-0.05, 0) is 13.3 Å². The number of amides is 1. The van der Waals surface area contributed by atoms with E-state index in [1.807, 2.05) is 19.2 Å². The van der Waals surface area contributed by atoms with Crippen molar-refractivity contribution < 1.29 is 4.79 Å². The van der Waals surface area contributed by atoms with Crippen LogP contribution >= 0.6 is 11.3 Å². The van der Waals surface area contributed by atoms with Crippen LogP contribution in [-0.4, -0.2) is 16.6 Å². The molecule has 1 aliphatic heterocycles. The maximum Gasteiger partial charge on any atom is 0.258 e. The standard InChI is InChI=1S/C9H11N3OS/c1-3-7-6(2)8(13)12(11-7)9-10-4-5-14-9/h4-6H,3H2,1-2H3. The highest BCUT2D eigenvalue weighted by atomic mass is 32.1. The summed E-state index contributed by atoms with van der Waals surface area (Å²) in [4.78, 5) is 15.8. The summed E-state index contributed by atoms with van der Waals surface area (Å²) in [6, 6.07) is 0. The number of carbonyl (C=O) groups is 1. The summed E-state index contributed by atoms with van der Waals surface area (Å²) >= 11 is 1.43. The van der Waals surface area contributed by atoms with Crippen LogP contribution in [0.15, 0.2) is 16.7 Å². The lowest BCUT2D eigenvalue weighted by Gasteiger charge is -2.07. The van der Waals surface area contributed by atoms with E-state index in [0.29, 0.717) is 5.13 Å². The molecule has 1 unspecified atom stereocenters. The lowest BCUT2D eigenvalue weighted by atomic mass is 10.0. The van der Waals surface area contributed by atoms with Crippen LogP contribution in [-0.2, 0) is 4.79 Å². The number of hydrogen-bond donors (Lipinski definition) is 0. The van der Waals surface area contributed by atoms with Crippen molar-refractivity contribution in [3.63, 3.8) is 0 Å². The van der Waals surface area contributed by atoms with Crippen molar-refractivity contribution >= 4 is 28.1 Å². The molecule has 2 heterocycles. The van der Waals surface area contributed by atoms with Crippen molar-refractivity contribution in [1.29, 1.82) is 0 Å². The third kappa shape index (κ3) is 1.33. The monoisotopic (exact) mass is 209 g/mol. The molecule has 0 N–H and O–H groups in total. The molecular formula is C9H11N3OS. The first-order valence-electron chi connectivity index (χ1n) is 4.55. The Kier molecular flexibility index (Phi) is 2.33. The lowest BCUT2D eigenvalue weighted by Crippen LogP contribution is -2.25. The average Bonchev–Trinajstić information content (AvgIpc) is 2.78. The Morgan fingerprint density at radius 1 is 1.64 bits per heavy atom. The van der Waals surface area contributed by atoms with E-state index >= 15 is 0 Å². The quantitative estimate of drug-likeness (QED) is 0.746. The van der Waals surface area contributed by atoms with Crippen LogP contribution in [0.5, 0.6) is 0 Å². The molecule has 2 rings (SSSR count). The summed E-state index contributed by atoms with van der Waals surface area (Å²) in [7, 11) is 0. The van der Waals surface area contributed by atoms with Crippen LogP contribution < -0.4 is 5.01 Å². The van der Waals surface area contributed by atoms with Crippen LogP contribution in [0.4, 0.5) is 5.13 Å². The molecule has 1 aliphatic rings. The summed E-state index contributed by atoms with van der Waals surface area (Å²) < 4.78 is 0. The molecule has 4 nitrogen and oxygen atoms in total. The van der Waals surface area contributed by atoms with Crippen molar-refractivity contribution in [3.8, 4) is 0 Å². The van der Waals surface area contributed by atoms with Gasteiger partial charge in [-0.25, -0.2) is 4.98 Å². The topological polar surface area (TPSA) is 45.6 Å². The van der Waals surface area contributed by atoms with Crippen LogP contribution in [0.25, 0.3) is 0 Å². The molecule has 0 spiro atoms. The normalized spacial score (nSPS) is 21.6. The molecule has 0 saturated heterocycles. The van der Waals surface area contributed by atoms with Crippen molar-refractivity contribution in [1.82, 2.24) is 4.98 Å². The van der Waals surface area contributed by atoms with E-state index in [1.165, 1.54) is 16.3 Å². The maximum absolute atomic E-state index is 11.8. The molecule has 74 valence electrons. The third-order valence-corrected chi connectivity index (χ3v) is 3.02. The van der Waals surface area contributed by atoms with Gasteiger partial charge in [-0.3, -0.25) is 4.79 Å². The summed E-state index contributed by atoms with van der Waals surface area (Å²) in [5, 5.41) is 8.17. The van der Waals surface area contributed by atoms with E-state index in [2.05, 4.69) is 10.1 Å². The fourth-order valence-electron chi connectivity index (χ4n) is 1.42. The Balaban J connectivity index is 2.31. The lowest BCUT2D eigenvalue weighted by molar-refractivity contribution is -0.119. The van der Waals surface area contributed by atoms with Gasteiger partial charge in [0.2, 0.25) is 5.13 Å². The molecule has 1 aromatic rings. The van der Waals surface area contributed by atoms with Gasteiger partial charge in [0.25, 0.3) is 5.91 Å². The molecule has 0 aromatic carbocycles. The van der Waals surface area contributed by atoms with Crippen molar-refractivity contribution in [2.75, 3.05) is 5.01 Å². The number of anilines is 1. The van der Waals surface area contributed by atoms with Crippen LogP contribution in [0, 0.1) is 5.92 Å². The molecule has 1 atom stereocenters. The number of aromatic nitrogens is 1. The van der Waals surface area contributed by atoms with Gasteiger partial charge in [0, 0.05) is 11.6 Å². The summed E-state index contributed by atoms with van der Waals surface area (Å²) in [5.41, 5.74) is 0.935. The van der Waals surface area contributed by atoms with Gasteiger partial charge in [-0.15, -0.1) is 11.3 Å². The van der Waals surface area contributed by atoms with E-state index in [4.69, 9.17) is 0 Å². The van der Waals surface area contributed by atoms with E-state index in [-0.39, 0.29) is 11.8 Å². The van der Waals surface area contributed by atoms with Crippen molar-refractivity contribution in [3.05, 3.63) is 11.6 Å². The zero-order chi connectivity index (χ0) is 10.1. The number of rotatable bonds is 2. The number of hydrazone groups is 1. The van der Waals surface area contributed by atoms with Crippen molar-refractivity contribution in [2.45, 2.75) is 20.3 Å². The highest BCUT2D eigenvalue weighted by Gasteiger charge is 2.33. The first-order valence-corrected chi connectivity index (χ1v) is 5.42. The molecule has 0 radical (unpaired) electrons. The van der Waals surface area contributed by atoms with Crippen LogP contribution in [0.1, 0.15) is 20.3 Å². The Hall–Kier alpha value is -1.23. The Morgan fingerprint density at radius 3 is 2.93 bits per heavy atom. The first-order chi connectivity index (χ1) is 6.74. The van der Waals surface area contributed by atoms with Gasteiger partial charge in [0.15, 0.2) is 0 Å². The van der Waals surface area contributed by atoms with Crippen LogP contribution in [0.3, 0.4) is 0 Å². The van der Waals surface area contributed by atoms with Crippen LogP contribution in [0.2, 0.25) is 0 Å². The molecule has 0 saturated carbocycles. The second-order valence-corrected chi connectivity index (χ2v) is 4.00. The SMILES string of the molecule is CCC1=NN(c2nccs2)C(=O)C1C. The number of hydrogen-bond acceptors (Lipinski definition) is 4. The minimum Gasteiger partial charge on any atom is -0.272 e. The molecular weight excluding hydrogens is 198 g/mol. The molecule has 0 bridgehead atoms. The van der Waals surface area contributed by atoms with E-state index in [0.717, 1.165) is 12.1 Å². The predicted octanol–water partition coefficient (Wildman–Crippen LogP) is 1.89. The Labute approximate surface area is 86.3 Å². The van der Waals surface area contributed by atoms with Gasteiger partial charge in [0.1, 0.15) is 0 Å². The minimum absolute atomic E-state index is 0.0248. The van der Waals surface area contributed by atoms with Gasteiger partial charge < -0.3 is 0 Å². The highest BCUT2D eigenvalue weighted by molar-refractivity contribution is 7.13.